The van der Waals surface area contributed by atoms with Crippen molar-refractivity contribution in [2.24, 2.45) is 4.99 Å². The van der Waals surface area contributed by atoms with Crippen LogP contribution in [0.2, 0.25) is 0 Å². The van der Waals surface area contributed by atoms with Crippen molar-refractivity contribution in [2.75, 3.05) is 11.4 Å². The minimum absolute atomic E-state index is 0.251. The zero-order valence-electron chi connectivity index (χ0n) is 14.3. The second-order valence-corrected chi connectivity index (χ2v) is 5.87. The summed E-state index contributed by atoms with van der Waals surface area (Å²) in [5, 5.41) is 9.30. The van der Waals surface area contributed by atoms with Crippen molar-refractivity contribution in [3.05, 3.63) is 90.0 Å². The molecule has 0 aliphatic rings. The van der Waals surface area contributed by atoms with E-state index < -0.39 is 0 Å². The van der Waals surface area contributed by atoms with Gasteiger partial charge in [-0.25, -0.2) is 0 Å². The molecule has 0 radical (unpaired) electrons. The Morgan fingerprint density at radius 1 is 0.880 bits per heavy atom. The van der Waals surface area contributed by atoms with Crippen LogP contribution in [0.3, 0.4) is 0 Å². The summed E-state index contributed by atoms with van der Waals surface area (Å²) in [5.41, 5.74) is 4.38. The normalized spacial score (nSPS) is 10.9. The van der Waals surface area contributed by atoms with E-state index in [1.54, 1.807) is 24.3 Å². The minimum Gasteiger partial charge on any atom is -0.508 e. The second-order valence-electron chi connectivity index (χ2n) is 5.87. The summed E-state index contributed by atoms with van der Waals surface area (Å²) >= 11 is 0. The van der Waals surface area contributed by atoms with E-state index in [2.05, 4.69) is 65.3 Å². The fraction of sp³-hybridized carbons (Fsp3) is 0.136. The molecule has 3 rings (SSSR count). The molecule has 126 valence electrons. The molecule has 0 amide bonds. The number of rotatable bonds is 6. The van der Waals surface area contributed by atoms with E-state index in [1.165, 1.54) is 11.3 Å². The molecule has 0 atom stereocenters. The zero-order valence-corrected chi connectivity index (χ0v) is 14.3. The van der Waals surface area contributed by atoms with Crippen LogP contribution in [0, 0.1) is 0 Å². The van der Waals surface area contributed by atoms with E-state index in [0.29, 0.717) is 0 Å². The third-order valence-electron chi connectivity index (χ3n) is 4.07. The maximum Gasteiger partial charge on any atom is 0.115 e. The Morgan fingerprint density at radius 2 is 1.56 bits per heavy atom. The zero-order chi connectivity index (χ0) is 17.5. The first-order chi connectivity index (χ1) is 12.2. The number of anilines is 1. The van der Waals surface area contributed by atoms with Crippen LogP contribution in [0.15, 0.2) is 83.9 Å². The predicted octanol–water partition coefficient (Wildman–Crippen LogP) is 5.17. The summed E-state index contributed by atoms with van der Waals surface area (Å²) in [6.07, 6.45) is 1.84. The highest BCUT2D eigenvalue weighted by molar-refractivity contribution is 5.82. The van der Waals surface area contributed by atoms with Gasteiger partial charge in [-0.1, -0.05) is 42.5 Å². The molecular formula is C22H22N2O. The lowest BCUT2D eigenvalue weighted by Gasteiger charge is -2.23. The first-order valence-electron chi connectivity index (χ1n) is 8.46. The highest BCUT2D eigenvalue weighted by Gasteiger charge is 2.05. The van der Waals surface area contributed by atoms with Crippen molar-refractivity contribution < 1.29 is 5.11 Å². The quantitative estimate of drug-likeness (QED) is 0.633. The maximum atomic E-state index is 9.30. The van der Waals surface area contributed by atoms with Crippen molar-refractivity contribution in [1.29, 1.82) is 0 Å². The van der Waals surface area contributed by atoms with Gasteiger partial charge in [-0.2, -0.15) is 0 Å². The molecule has 1 N–H and O–H groups in total. The van der Waals surface area contributed by atoms with Gasteiger partial charge in [0.05, 0.1) is 5.69 Å². The lowest BCUT2D eigenvalue weighted by Crippen LogP contribution is -2.21. The van der Waals surface area contributed by atoms with Crippen LogP contribution in [-0.4, -0.2) is 17.9 Å². The highest BCUT2D eigenvalue weighted by atomic mass is 16.3. The van der Waals surface area contributed by atoms with E-state index in [0.717, 1.165) is 24.3 Å². The molecule has 0 aromatic heterocycles. The van der Waals surface area contributed by atoms with Gasteiger partial charge in [-0.05, 0) is 54.4 Å². The number of hydrogen-bond donors (Lipinski definition) is 1. The molecule has 0 saturated heterocycles. The van der Waals surface area contributed by atoms with Crippen molar-refractivity contribution >= 4 is 17.6 Å². The summed E-state index contributed by atoms with van der Waals surface area (Å²) in [6, 6.07) is 25.8. The molecular weight excluding hydrogens is 308 g/mol. The number of phenols is 1. The predicted molar refractivity (Wildman–Crippen MR) is 105 cm³/mol. The van der Waals surface area contributed by atoms with Gasteiger partial charge in [-0.3, -0.25) is 4.99 Å². The topological polar surface area (TPSA) is 35.8 Å². The van der Waals surface area contributed by atoms with Crippen molar-refractivity contribution in [3.63, 3.8) is 0 Å². The number of nitrogens with zero attached hydrogens (tertiary/aromatic N) is 2. The molecule has 0 aliphatic heterocycles. The van der Waals surface area contributed by atoms with Gasteiger partial charge in [0.15, 0.2) is 0 Å². The largest absolute Gasteiger partial charge is 0.508 e. The molecule has 3 heteroatoms. The first-order valence-corrected chi connectivity index (χ1v) is 8.46. The summed E-state index contributed by atoms with van der Waals surface area (Å²) in [7, 11) is 0. The molecule has 0 aliphatic carbocycles. The number of benzene rings is 3. The smallest absolute Gasteiger partial charge is 0.115 e. The molecule has 3 aromatic carbocycles. The van der Waals surface area contributed by atoms with Gasteiger partial charge in [-0.15, -0.1) is 0 Å². The second kappa shape index (κ2) is 8.15. The van der Waals surface area contributed by atoms with Crippen molar-refractivity contribution in [2.45, 2.75) is 13.5 Å². The van der Waals surface area contributed by atoms with Crippen LogP contribution < -0.4 is 4.90 Å². The van der Waals surface area contributed by atoms with Gasteiger partial charge in [0.1, 0.15) is 5.75 Å². The number of phenolic OH excluding ortho intramolecular Hbond substituents is 1. The average molecular weight is 330 g/mol. The number of hydrogen-bond acceptors (Lipinski definition) is 3. The number of aliphatic imine (C=N–C) groups is 1. The van der Waals surface area contributed by atoms with Crippen LogP contribution in [0.25, 0.3) is 0 Å². The summed E-state index contributed by atoms with van der Waals surface area (Å²) in [5.74, 6) is 0.251. The lowest BCUT2D eigenvalue weighted by atomic mass is 10.1. The van der Waals surface area contributed by atoms with E-state index in [4.69, 9.17) is 0 Å². The van der Waals surface area contributed by atoms with Crippen LogP contribution in [-0.2, 0) is 6.54 Å². The van der Waals surface area contributed by atoms with Gasteiger partial charge in [0.2, 0.25) is 0 Å². The monoisotopic (exact) mass is 330 g/mol. The van der Waals surface area contributed by atoms with Crippen LogP contribution in [0.1, 0.15) is 18.1 Å². The Bertz CT molecular complexity index is 809. The molecule has 0 bridgehead atoms. The Balaban J connectivity index is 1.69. The molecule has 0 heterocycles. The maximum absolute atomic E-state index is 9.30. The van der Waals surface area contributed by atoms with E-state index >= 15 is 0 Å². The van der Waals surface area contributed by atoms with Gasteiger partial charge in [0, 0.05) is 25.0 Å². The third-order valence-corrected chi connectivity index (χ3v) is 4.07. The Labute approximate surface area is 148 Å². The van der Waals surface area contributed by atoms with Crippen molar-refractivity contribution in [1.82, 2.24) is 0 Å². The Hall–Kier alpha value is -3.07. The lowest BCUT2D eigenvalue weighted by molar-refractivity contribution is 0.475. The van der Waals surface area contributed by atoms with Crippen LogP contribution in [0.5, 0.6) is 5.75 Å². The SMILES string of the molecule is CCN(Cc1ccccc1)c1ccc(C=Nc2ccc(O)cc2)cc1. The van der Waals surface area contributed by atoms with E-state index in [9.17, 15) is 5.11 Å². The summed E-state index contributed by atoms with van der Waals surface area (Å²) in [4.78, 5) is 6.77. The van der Waals surface area contributed by atoms with E-state index in [1.807, 2.05) is 12.3 Å². The Kier molecular flexibility index (Phi) is 5.47. The molecule has 25 heavy (non-hydrogen) atoms. The minimum atomic E-state index is 0.251. The van der Waals surface area contributed by atoms with Gasteiger partial charge in [0.25, 0.3) is 0 Å². The molecule has 3 aromatic rings. The fourth-order valence-electron chi connectivity index (χ4n) is 2.65. The van der Waals surface area contributed by atoms with Gasteiger partial charge >= 0.3 is 0 Å². The molecule has 0 spiro atoms. The first kappa shape index (κ1) is 16.8. The summed E-state index contributed by atoms with van der Waals surface area (Å²) < 4.78 is 0. The fourth-order valence-corrected chi connectivity index (χ4v) is 2.65. The standard InChI is InChI=1S/C22H22N2O/c1-2-24(17-19-6-4-3-5-7-19)21-12-8-18(9-13-21)16-23-20-10-14-22(25)15-11-20/h3-16,25H,2,17H2,1H3. The molecule has 0 unspecified atom stereocenters. The Morgan fingerprint density at radius 3 is 2.20 bits per heavy atom. The van der Waals surface area contributed by atoms with Crippen LogP contribution >= 0.6 is 0 Å². The third kappa shape index (κ3) is 4.70. The number of aromatic hydroxyl groups is 1. The van der Waals surface area contributed by atoms with E-state index in [-0.39, 0.29) is 5.75 Å². The van der Waals surface area contributed by atoms with Crippen molar-refractivity contribution in [3.8, 4) is 5.75 Å². The average Bonchev–Trinajstić information content (AvgIpc) is 2.67. The molecule has 0 saturated carbocycles. The van der Waals surface area contributed by atoms with Gasteiger partial charge < -0.3 is 10.0 Å². The molecule has 3 nitrogen and oxygen atoms in total. The summed E-state index contributed by atoms with van der Waals surface area (Å²) in [6.45, 7) is 4.03. The highest BCUT2D eigenvalue weighted by Crippen LogP contribution is 2.19. The molecule has 0 fully saturated rings. The van der Waals surface area contributed by atoms with Crippen LogP contribution in [0.4, 0.5) is 11.4 Å².